The highest BCUT2D eigenvalue weighted by Gasteiger charge is 2.18. The van der Waals surface area contributed by atoms with Crippen LogP contribution >= 0.6 is 11.8 Å². The van der Waals surface area contributed by atoms with Gasteiger partial charge in [0.1, 0.15) is 11.3 Å². The lowest BCUT2D eigenvalue weighted by atomic mass is 10.1. The number of benzene rings is 2. The van der Waals surface area contributed by atoms with Crippen LogP contribution < -0.4 is 10.3 Å². The van der Waals surface area contributed by atoms with Crippen LogP contribution in [-0.2, 0) is 25.3 Å². The Balaban J connectivity index is 1.72. The molecule has 2 aromatic carbocycles. The number of nitrogens with zero attached hydrogens (tertiary/aromatic N) is 4. The fraction of sp³-hybridized carbons (Fsp3) is 0.292. The molecule has 0 aliphatic heterocycles. The first kappa shape index (κ1) is 21.2. The van der Waals surface area contributed by atoms with Crippen molar-refractivity contribution in [1.82, 2.24) is 19.3 Å². The maximum Gasteiger partial charge on any atom is 0.280 e. The first-order valence-corrected chi connectivity index (χ1v) is 11.4. The van der Waals surface area contributed by atoms with Crippen LogP contribution in [0.3, 0.4) is 0 Å². The summed E-state index contributed by atoms with van der Waals surface area (Å²) in [5.74, 6) is 1.52. The van der Waals surface area contributed by atoms with Crippen molar-refractivity contribution in [2.75, 3.05) is 7.11 Å². The van der Waals surface area contributed by atoms with E-state index in [1.807, 2.05) is 50.2 Å². The number of thioether (sulfide) groups is 1. The topological polar surface area (TPSA) is 61.9 Å². The molecule has 0 atom stereocenters. The lowest BCUT2D eigenvalue weighted by Gasteiger charge is -2.13. The summed E-state index contributed by atoms with van der Waals surface area (Å²) in [6.07, 6.45) is 0.764. The minimum absolute atomic E-state index is 0.0310. The number of aryl methyl sites for hydroxylation is 3. The van der Waals surface area contributed by atoms with Gasteiger partial charge in [0.05, 0.1) is 12.8 Å². The summed E-state index contributed by atoms with van der Waals surface area (Å²) >= 11 is 1.57. The van der Waals surface area contributed by atoms with E-state index in [-0.39, 0.29) is 5.56 Å². The van der Waals surface area contributed by atoms with Gasteiger partial charge in [0, 0.05) is 18.8 Å². The lowest BCUT2D eigenvalue weighted by Crippen LogP contribution is -2.26. The zero-order valence-electron chi connectivity index (χ0n) is 18.0. The van der Waals surface area contributed by atoms with Crippen molar-refractivity contribution in [3.63, 3.8) is 0 Å². The molecule has 0 N–H and O–H groups in total. The van der Waals surface area contributed by atoms with Crippen LogP contribution in [0.5, 0.6) is 5.75 Å². The van der Waals surface area contributed by atoms with Gasteiger partial charge in [0.15, 0.2) is 10.7 Å². The van der Waals surface area contributed by atoms with Crippen molar-refractivity contribution in [3.05, 3.63) is 81.8 Å². The molecule has 0 aliphatic rings. The maximum absolute atomic E-state index is 13.5. The quantitative estimate of drug-likeness (QED) is 0.303. The van der Waals surface area contributed by atoms with Crippen molar-refractivity contribution in [2.24, 2.45) is 0 Å². The largest absolute Gasteiger partial charge is 0.497 e. The Bertz CT molecular complexity index is 1250. The first-order valence-electron chi connectivity index (χ1n) is 10.4. The Hall–Kier alpha value is -3.06. The Morgan fingerprint density at radius 1 is 1.06 bits per heavy atom. The van der Waals surface area contributed by atoms with Crippen LogP contribution in [0.2, 0.25) is 0 Å². The van der Waals surface area contributed by atoms with Crippen LogP contribution in [0.4, 0.5) is 0 Å². The van der Waals surface area contributed by atoms with Gasteiger partial charge >= 0.3 is 0 Å². The molecule has 31 heavy (non-hydrogen) atoms. The predicted molar refractivity (Wildman–Crippen MR) is 125 cm³/mol. The van der Waals surface area contributed by atoms with E-state index in [4.69, 9.17) is 9.72 Å². The molecule has 2 heterocycles. The molecule has 7 heteroatoms. The Labute approximate surface area is 185 Å². The average molecular weight is 435 g/mol. The summed E-state index contributed by atoms with van der Waals surface area (Å²) in [7, 11) is 1.66. The average Bonchev–Trinajstić information content (AvgIpc) is 3.13. The van der Waals surface area contributed by atoms with Gasteiger partial charge in [-0.25, -0.2) is 4.98 Å². The molecule has 0 saturated heterocycles. The van der Waals surface area contributed by atoms with E-state index in [9.17, 15) is 4.79 Å². The van der Waals surface area contributed by atoms with Gasteiger partial charge in [0.25, 0.3) is 5.56 Å². The standard InChI is InChI=1S/C24H26N4O2S/c1-4-28-22-21(17(2)26-28)25-24(31-16-19-11-8-12-20(15-19)30-3)27(23(22)29)14-13-18-9-6-5-7-10-18/h5-12,15H,4,13-14,16H2,1-3H3. The number of aromatic nitrogens is 4. The molecular weight excluding hydrogens is 408 g/mol. The molecule has 160 valence electrons. The van der Waals surface area contributed by atoms with Gasteiger partial charge in [-0.1, -0.05) is 54.2 Å². The van der Waals surface area contributed by atoms with E-state index in [0.29, 0.717) is 29.9 Å². The van der Waals surface area contributed by atoms with Crippen LogP contribution in [0.15, 0.2) is 64.5 Å². The number of hydrogen-bond donors (Lipinski definition) is 0. The molecule has 2 aromatic heterocycles. The lowest BCUT2D eigenvalue weighted by molar-refractivity contribution is 0.414. The Morgan fingerprint density at radius 3 is 2.58 bits per heavy atom. The highest BCUT2D eigenvalue weighted by molar-refractivity contribution is 7.98. The molecule has 0 saturated carbocycles. The van der Waals surface area contributed by atoms with Gasteiger partial charge in [-0.3, -0.25) is 14.0 Å². The van der Waals surface area contributed by atoms with Crippen molar-refractivity contribution >= 4 is 22.8 Å². The van der Waals surface area contributed by atoms with Crippen LogP contribution in [-0.4, -0.2) is 26.4 Å². The third kappa shape index (κ3) is 4.51. The molecule has 0 radical (unpaired) electrons. The molecule has 0 fully saturated rings. The molecule has 6 nitrogen and oxygen atoms in total. The number of methoxy groups -OCH3 is 1. The molecule has 0 aliphatic carbocycles. The van der Waals surface area contributed by atoms with Crippen LogP contribution in [0.1, 0.15) is 23.7 Å². The van der Waals surface area contributed by atoms with Crippen LogP contribution in [0, 0.1) is 6.92 Å². The molecule has 0 amide bonds. The summed E-state index contributed by atoms with van der Waals surface area (Å²) in [4.78, 5) is 18.4. The summed E-state index contributed by atoms with van der Waals surface area (Å²) in [5, 5.41) is 5.24. The third-order valence-corrected chi connectivity index (χ3v) is 6.30. The fourth-order valence-electron chi connectivity index (χ4n) is 3.62. The highest BCUT2D eigenvalue weighted by Crippen LogP contribution is 2.25. The molecule has 0 bridgehead atoms. The molecule has 0 unspecified atom stereocenters. The van der Waals surface area contributed by atoms with Crippen molar-refractivity contribution < 1.29 is 4.74 Å². The van der Waals surface area contributed by atoms with Gasteiger partial charge in [0.2, 0.25) is 0 Å². The van der Waals surface area contributed by atoms with E-state index in [1.165, 1.54) is 5.56 Å². The summed E-state index contributed by atoms with van der Waals surface area (Å²) in [5.41, 5.74) is 4.34. The minimum Gasteiger partial charge on any atom is -0.497 e. The normalized spacial score (nSPS) is 11.2. The van der Waals surface area contributed by atoms with Gasteiger partial charge < -0.3 is 4.74 Å². The van der Waals surface area contributed by atoms with Crippen molar-refractivity contribution in [3.8, 4) is 5.75 Å². The van der Waals surface area contributed by atoms with E-state index in [2.05, 4.69) is 23.3 Å². The zero-order valence-corrected chi connectivity index (χ0v) is 18.9. The number of fused-ring (bicyclic) bond motifs is 1. The second kappa shape index (κ2) is 9.39. The molecular formula is C24H26N4O2S. The first-order chi connectivity index (χ1) is 15.1. The zero-order chi connectivity index (χ0) is 21.8. The fourth-order valence-corrected chi connectivity index (χ4v) is 4.58. The predicted octanol–water partition coefficient (Wildman–Crippen LogP) is 4.46. The summed E-state index contributed by atoms with van der Waals surface area (Å²) in [6.45, 7) is 5.10. The van der Waals surface area contributed by atoms with Crippen molar-refractivity contribution in [1.29, 1.82) is 0 Å². The smallest absolute Gasteiger partial charge is 0.280 e. The van der Waals surface area contributed by atoms with E-state index >= 15 is 0 Å². The van der Waals surface area contributed by atoms with E-state index in [0.717, 1.165) is 28.6 Å². The molecule has 4 aromatic rings. The van der Waals surface area contributed by atoms with Gasteiger partial charge in [-0.2, -0.15) is 5.10 Å². The van der Waals surface area contributed by atoms with E-state index in [1.54, 1.807) is 28.1 Å². The Morgan fingerprint density at radius 2 is 1.84 bits per heavy atom. The van der Waals surface area contributed by atoms with Crippen molar-refractivity contribution in [2.45, 2.75) is 44.3 Å². The van der Waals surface area contributed by atoms with Gasteiger partial charge in [-0.15, -0.1) is 0 Å². The Kier molecular flexibility index (Phi) is 6.42. The molecule has 4 rings (SSSR count). The SMILES string of the molecule is CCn1nc(C)c2nc(SCc3cccc(OC)c3)n(CCc3ccccc3)c(=O)c21. The minimum atomic E-state index is -0.0310. The summed E-state index contributed by atoms with van der Waals surface area (Å²) < 4.78 is 8.89. The number of rotatable bonds is 8. The summed E-state index contributed by atoms with van der Waals surface area (Å²) in [6, 6.07) is 18.2. The number of hydrogen-bond acceptors (Lipinski definition) is 5. The monoisotopic (exact) mass is 434 g/mol. The van der Waals surface area contributed by atoms with E-state index < -0.39 is 0 Å². The van der Waals surface area contributed by atoms with Gasteiger partial charge in [-0.05, 0) is 43.5 Å². The highest BCUT2D eigenvalue weighted by atomic mass is 32.2. The second-order valence-electron chi connectivity index (χ2n) is 7.33. The number of ether oxygens (including phenoxy) is 1. The molecule has 0 spiro atoms. The van der Waals surface area contributed by atoms with Crippen LogP contribution in [0.25, 0.3) is 11.0 Å². The third-order valence-electron chi connectivity index (χ3n) is 5.25. The maximum atomic E-state index is 13.5. The second-order valence-corrected chi connectivity index (χ2v) is 8.27.